The fourth-order valence-corrected chi connectivity index (χ4v) is 6.00. The van der Waals surface area contributed by atoms with E-state index in [9.17, 15) is 16.8 Å². The Morgan fingerprint density at radius 1 is 0.902 bits per heavy atom. The van der Waals surface area contributed by atoms with Gasteiger partial charge in [-0.2, -0.15) is 4.98 Å². The van der Waals surface area contributed by atoms with Gasteiger partial charge in [0.25, 0.3) is 0 Å². The minimum atomic E-state index is -3.40. The lowest BCUT2D eigenvalue weighted by molar-refractivity contribution is 0.361. The van der Waals surface area contributed by atoms with Gasteiger partial charge >= 0.3 is 0 Å². The summed E-state index contributed by atoms with van der Waals surface area (Å²) in [5.74, 6) is 0.629. The van der Waals surface area contributed by atoms with Crippen LogP contribution in [0.2, 0.25) is 0 Å². The lowest BCUT2D eigenvalue weighted by atomic mass is 9.89. The van der Waals surface area contributed by atoms with Crippen molar-refractivity contribution in [2.24, 2.45) is 0 Å². The fraction of sp³-hybridized carbons (Fsp3) is 0.258. The van der Waals surface area contributed by atoms with Crippen molar-refractivity contribution < 1.29 is 21.4 Å². The molecule has 5 rings (SSSR count). The number of rotatable bonds is 8. The number of hydrogen-bond donors (Lipinski definition) is 0. The molecule has 0 aliphatic rings. The Morgan fingerprint density at radius 2 is 1.63 bits per heavy atom. The van der Waals surface area contributed by atoms with Gasteiger partial charge in [0.2, 0.25) is 5.89 Å². The highest BCUT2D eigenvalue weighted by Gasteiger charge is 2.33. The minimum absolute atomic E-state index is 0.236. The maximum absolute atomic E-state index is 12.7. The van der Waals surface area contributed by atoms with E-state index in [4.69, 9.17) is 4.52 Å². The third kappa shape index (κ3) is 5.80. The topological polar surface area (TPSA) is 120 Å². The normalized spacial score (nSPS) is 13.4. The molecule has 0 fully saturated rings. The van der Waals surface area contributed by atoms with Crippen molar-refractivity contribution in [1.82, 2.24) is 15.1 Å². The molecule has 2 heterocycles. The van der Waals surface area contributed by atoms with Gasteiger partial charge in [-0.1, -0.05) is 47.6 Å². The molecule has 0 saturated carbocycles. The Morgan fingerprint density at radius 3 is 2.27 bits per heavy atom. The number of sulfone groups is 2. The highest BCUT2D eigenvalue weighted by molar-refractivity contribution is 7.91. The zero-order valence-corrected chi connectivity index (χ0v) is 25.1. The van der Waals surface area contributed by atoms with Crippen molar-refractivity contribution in [2.75, 3.05) is 12.5 Å². The van der Waals surface area contributed by atoms with E-state index in [2.05, 4.69) is 21.2 Å². The van der Waals surface area contributed by atoms with Crippen molar-refractivity contribution in [2.45, 2.75) is 42.8 Å². The first kappa shape index (κ1) is 28.6. The molecule has 10 heteroatoms. The van der Waals surface area contributed by atoms with Gasteiger partial charge in [-0.15, -0.1) is 0 Å². The molecule has 0 bridgehead atoms. The molecule has 0 radical (unpaired) electrons. The second-order valence-electron chi connectivity index (χ2n) is 10.9. The van der Waals surface area contributed by atoms with Crippen LogP contribution in [0.4, 0.5) is 0 Å². The average molecular weight is 590 g/mol. The van der Waals surface area contributed by atoms with Gasteiger partial charge in [0.1, 0.15) is 0 Å². The third-order valence-corrected chi connectivity index (χ3v) is 10.8. The van der Waals surface area contributed by atoms with Gasteiger partial charge < -0.3 is 4.52 Å². The molecule has 0 N–H and O–H groups in total. The SMILES string of the molecule is Cc1noc(C(Cc2cccc(-c3cc(C(C)(C)S(C)(=O)=O)cc4cccnc34)c2)c2ccc(S(C)(=O)=O)cc2)n1. The summed E-state index contributed by atoms with van der Waals surface area (Å²) < 4.78 is 53.9. The fourth-order valence-electron chi connectivity index (χ4n) is 4.83. The number of fused-ring (bicyclic) bond motifs is 1. The Labute approximate surface area is 240 Å². The Balaban J connectivity index is 1.60. The molecule has 0 aliphatic heterocycles. The van der Waals surface area contributed by atoms with E-state index in [1.165, 1.54) is 12.5 Å². The minimum Gasteiger partial charge on any atom is -0.339 e. The average Bonchev–Trinajstić information content (AvgIpc) is 3.36. The van der Waals surface area contributed by atoms with Crippen LogP contribution in [0.1, 0.15) is 48.2 Å². The van der Waals surface area contributed by atoms with Gasteiger partial charge in [0.15, 0.2) is 25.5 Å². The zero-order valence-electron chi connectivity index (χ0n) is 23.5. The van der Waals surface area contributed by atoms with E-state index in [-0.39, 0.29) is 10.8 Å². The molecule has 2 aromatic heterocycles. The second kappa shape index (κ2) is 10.5. The number of aromatic nitrogens is 3. The molecule has 41 heavy (non-hydrogen) atoms. The van der Waals surface area contributed by atoms with Crippen molar-refractivity contribution in [3.63, 3.8) is 0 Å². The van der Waals surface area contributed by atoms with Gasteiger partial charge in [0.05, 0.1) is 21.1 Å². The molecular formula is C31H31N3O5S2. The third-order valence-electron chi connectivity index (χ3n) is 7.56. The van der Waals surface area contributed by atoms with Crippen molar-refractivity contribution in [3.8, 4) is 11.1 Å². The van der Waals surface area contributed by atoms with E-state index >= 15 is 0 Å². The first-order valence-corrected chi connectivity index (χ1v) is 16.8. The van der Waals surface area contributed by atoms with E-state index in [0.717, 1.165) is 33.2 Å². The van der Waals surface area contributed by atoms with Gasteiger partial charge in [-0.3, -0.25) is 4.98 Å². The van der Waals surface area contributed by atoms with Crippen LogP contribution >= 0.6 is 0 Å². The van der Waals surface area contributed by atoms with Crippen LogP contribution in [0.5, 0.6) is 0 Å². The summed E-state index contributed by atoms with van der Waals surface area (Å²) in [5, 5.41) is 4.83. The van der Waals surface area contributed by atoms with Crippen molar-refractivity contribution in [1.29, 1.82) is 0 Å². The van der Waals surface area contributed by atoms with E-state index in [1.54, 1.807) is 51.2 Å². The van der Waals surface area contributed by atoms with E-state index in [0.29, 0.717) is 23.7 Å². The Bertz CT molecular complexity index is 1960. The number of benzene rings is 3. The van der Waals surface area contributed by atoms with Crippen LogP contribution in [0.15, 0.2) is 88.4 Å². The molecule has 3 aromatic carbocycles. The van der Waals surface area contributed by atoms with E-state index in [1.807, 2.05) is 42.5 Å². The summed E-state index contributed by atoms with van der Waals surface area (Å²) in [5.41, 5.74) is 5.01. The molecule has 0 spiro atoms. The van der Waals surface area contributed by atoms with Crippen LogP contribution < -0.4 is 0 Å². The molecule has 0 aliphatic carbocycles. The van der Waals surface area contributed by atoms with E-state index < -0.39 is 24.4 Å². The van der Waals surface area contributed by atoms with Crippen LogP contribution in [0.25, 0.3) is 22.0 Å². The molecule has 0 saturated heterocycles. The van der Waals surface area contributed by atoms with Gasteiger partial charge in [-0.05, 0) is 79.8 Å². The van der Waals surface area contributed by atoms with Crippen molar-refractivity contribution in [3.05, 3.63) is 107 Å². The van der Waals surface area contributed by atoms with Crippen molar-refractivity contribution >= 4 is 30.6 Å². The van der Waals surface area contributed by atoms with Crippen LogP contribution in [0, 0.1) is 6.92 Å². The second-order valence-corrected chi connectivity index (χ2v) is 15.4. The highest BCUT2D eigenvalue weighted by Crippen LogP contribution is 2.37. The largest absolute Gasteiger partial charge is 0.339 e. The summed E-state index contributed by atoms with van der Waals surface area (Å²) in [6, 6.07) is 22.3. The molecule has 0 amide bonds. The summed E-state index contributed by atoms with van der Waals surface area (Å²) in [6.07, 6.45) is 4.66. The zero-order chi connectivity index (χ0) is 29.6. The lowest BCUT2D eigenvalue weighted by Crippen LogP contribution is -2.28. The first-order valence-electron chi connectivity index (χ1n) is 13.0. The standard InChI is InChI=1S/C31H31N3O5S2/c1-20-33-30(39-34-20)28(22-11-13-26(14-12-22)40(4,35)36)17-21-8-6-9-23(16-21)27-19-25(31(2,3)41(5,37)38)18-24-10-7-15-32-29(24)27/h6-16,18-19,28H,17H2,1-5H3. The molecule has 5 aromatic rings. The van der Waals surface area contributed by atoms with Crippen LogP contribution in [-0.2, 0) is 30.8 Å². The number of nitrogens with zero attached hydrogens (tertiary/aromatic N) is 3. The number of hydrogen-bond acceptors (Lipinski definition) is 8. The molecule has 8 nitrogen and oxygen atoms in total. The molecule has 1 unspecified atom stereocenters. The quantitative estimate of drug-likeness (QED) is 0.228. The van der Waals surface area contributed by atoms with Crippen LogP contribution in [-0.4, -0.2) is 44.5 Å². The summed E-state index contributed by atoms with van der Waals surface area (Å²) in [4.78, 5) is 9.34. The summed E-state index contributed by atoms with van der Waals surface area (Å²) in [7, 11) is -6.74. The molecule has 212 valence electrons. The molecular weight excluding hydrogens is 558 g/mol. The number of aryl methyl sites for hydroxylation is 1. The first-order chi connectivity index (χ1) is 19.2. The summed E-state index contributed by atoms with van der Waals surface area (Å²) in [6.45, 7) is 5.18. The molecule has 1 atom stereocenters. The monoisotopic (exact) mass is 589 g/mol. The Hall–Kier alpha value is -3.89. The highest BCUT2D eigenvalue weighted by atomic mass is 32.2. The maximum atomic E-state index is 12.7. The number of pyridine rings is 1. The maximum Gasteiger partial charge on any atom is 0.234 e. The van der Waals surface area contributed by atoms with Gasteiger partial charge in [0, 0.05) is 29.7 Å². The summed E-state index contributed by atoms with van der Waals surface area (Å²) >= 11 is 0. The Kier molecular flexibility index (Phi) is 7.33. The predicted octanol–water partition coefficient (Wildman–Crippen LogP) is 5.65. The van der Waals surface area contributed by atoms with Crippen LogP contribution in [0.3, 0.4) is 0 Å². The lowest BCUT2D eigenvalue weighted by Gasteiger charge is -2.24. The predicted molar refractivity (Wildman–Crippen MR) is 159 cm³/mol. The van der Waals surface area contributed by atoms with Gasteiger partial charge in [-0.25, -0.2) is 16.8 Å². The smallest absolute Gasteiger partial charge is 0.234 e.